The van der Waals surface area contributed by atoms with Gasteiger partial charge in [-0.15, -0.1) is 0 Å². The molecule has 19 heavy (non-hydrogen) atoms. The van der Waals surface area contributed by atoms with Gasteiger partial charge in [0.2, 0.25) is 0 Å². The Bertz CT molecular complexity index is 542. The summed E-state index contributed by atoms with van der Waals surface area (Å²) in [5.74, 6) is 0.964. The Hall–Kier alpha value is -1.39. The minimum atomic E-state index is 0.0990. The Morgan fingerprint density at radius 1 is 1.37 bits per heavy atom. The average molecular weight is 260 g/mol. The van der Waals surface area contributed by atoms with Crippen LogP contribution in [0, 0.1) is 6.92 Å². The van der Waals surface area contributed by atoms with Gasteiger partial charge in [0, 0.05) is 12.0 Å². The van der Waals surface area contributed by atoms with Gasteiger partial charge in [0.25, 0.3) is 0 Å². The molecule has 0 unspecified atom stereocenters. The van der Waals surface area contributed by atoms with Crippen LogP contribution in [-0.2, 0) is 5.41 Å². The van der Waals surface area contributed by atoms with Crippen molar-refractivity contribution in [2.24, 2.45) is 5.73 Å². The summed E-state index contributed by atoms with van der Waals surface area (Å²) < 4.78 is 0. The molecule has 4 nitrogen and oxygen atoms in total. The highest BCUT2D eigenvalue weighted by molar-refractivity contribution is 5.76. The molecule has 4 heteroatoms. The van der Waals surface area contributed by atoms with Gasteiger partial charge in [0.1, 0.15) is 5.82 Å². The molecule has 104 valence electrons. The lowest BCUT2D eigenvalue weighted by atomic mass is 9.84. The van der Waals surface area contributed by atoms with E-state index < -0.39 is 0 Å². The largest absolute Gasteiger partial charge is 0.342 e. The quantitative estimate of drug-likeness (QED) is 0.697. The maximum absolute atomic E-state index is 5.50. The van der Waals surface area contributed by atoms with Crippen LogP contribution in [0.2, 0.25) is 0 Å². The normalized spacial score (nSPS) is 12.2. The summed E-state index contributed by atoms with van der Waals surface area (Å²) in [6.45, 7) is 9.17. The van der Waals surface area contributed by atoms with E-state index in [9.17, 15) is 0 Å². The van der Waals surface area contributed by atoms with Crippen molar-refractivity contribution in [1.29, 1.82) is 0 Å². The summed E-state index contributed by atoms with van der Waals surface area (Å²) in [5, 5.41) is 3.47. The molecule has 0 spiro atoms. The van der Waals surface area contributed by atoms with Crippen LogP contribution >= 0.6 is 0 Å². The third kappa shape index (κ3) is 3.33. The average Bonchev–Trinajstić information content (AvgIpc) is 2.73. The van der Waals surface area contributed by atoms with Gasteiger partial charge in [-0.25, -0.2) is 4.98 Å². The highest BCUT2D eigenvalue weighted by Crippen LogP contribution is 2.25. The lowest BCUT2D eigenvalue weighted by Gasteiger charge is -2.26. The molecular weight excluding hydrogens is 236 g/mol. The molecule has 0 radical (unpaired) electrons. The second kappa shape index (κ2) is 5.72. The fourth-order valence-corrected chi connectivity index (χ4v) is 2.29. The molecule has 0 aliphatic rings. The van der Waals surface area contributed by atoms with Gasteiger partial charge in [0.05, 0.1) is 11.0 Å². The number of aromatic amines is 1. The number of aromatic nitrogens is 2. The van der Waals surface area contributed by atoms with E-state index in [2.05, 4.69) is 47.3 Å². The smallest absolute Gasteiger partial charge is 0.104 e. The van der Waals surface area contributed by atoms with Crippen LogP contribution in [0.4, 0.5) is 0 Å². The molecule has 0 aliphatic heterocycles. The van der Waals surface area contributed by atoms with Crippen LogP contribution < -0.4 is 11.1 Å². The van der Waals surface area contributed by atoms with Gasteiger partial charge in [-0.1, -0.05) is 19.9 Å². The summed E-state index contributed by atoms with van der Waals surface area (Å²) in [4.78, 5) is 7.74. The Kier molecular flexibility index (Phi) is 4.22. The summed E-state index contributed by atoms with van der Waals surface area (Å²) in [7, 11) is 0. The fraction of sp³-hybridized carbons (Fsp3) is 0.533. The van der Waals surface area contributed by atoms with Crippen molar-refractivity contribution in [3.05, 3.63) is 29.6 Å². The van der Waals surface area contributed by atoms with Crippen molar-refractivity contribution in [2.45, 2.75) is 32.6 Å². The molecule has 1 aromatic carbocycles. The molecule has 0 atom stereocenters. The van der Waals surface area contributed by atoms with E-state index >= 15 is 0 Å². The number of aryl methyl sites for hydroxylation is 1. The lowest BCUT2D eigenvalue weighted by molar-refractivity contribution is 0.467. The molecule has 4 N–H and O–H groups in total. The molecule has 0 amide bonds. The number of rotatable bonds is 6. The molecule has 2 aromatic rings. The molecule has 0 saturated heterocycles. The van der Waals surface area contributed by atoms with E-state index in [1.165, 1.54) is 5.56 Å². The second-order valence-electron chi connectivity index (χ2n) is 5.76. The van der Waals surface area contributed by atoms with Crippen LogP contribution in [0.3, 0.4) is 0 Å². The van der Waals surface area contributed by atoms with Crippen molar-refractivity contribution in [3.63, 3.8) is 0 Å². The first-order valence-electron chi connectivity index (χ1n) is 6.90. The third-order valence-corrected chi connectivity index (χ3v) is 3.51. The van der Waals surface area contributed by atoms with Crippen LogP contribution in [0.25, 0.3) is 11.0 Å². The number of hydrogen-bond donors (Lipinski definition) is 3. The number of hydrogen-bond acceptors (Lipinski definition) is 3. The van der Waals surface area contributed by atoms with Gasteiger partial charge in [0.15, 0.2) is 0 Å². The van der Waals surface area contributed by atoms with Crippen molar-refractivity contribution < 1.29 is 0 Å². The number of H-pyrrole nitrogens is 1. The molecule has 0 saturated carbocycles. The number of imidazole rings is 1. The fourth-order valence-electron chi connectivity index (χ4n) is 2.29. The minimum Gasteiger partial charge on any atom is -0.342 e. The number of benzene rings is 1. The summed E-state index contributed by atoms with van der Waals surface area (Å²) >= 11 is 0. The summed E-state index contributed by atoms with van der Waals surface area (Å²) in [5.41, 5.74) is 9.08. The van der Waals surface area contributed by atoms with E-state index in [0.29, 0.717) is 0 Å². The first-order valence-corrected chi connectivity index (χ1v) is 6.90. The molecule has 1 heterocycles. The van der Waals surface area contributed by atoms with Crippen molar-refractivity contribution >= 4 is 11.0 Å². The van der Waals surface area contributed by atoms with Crippen molar-refractivity contribution in [3.8, 4) is 0 Å². The Balaban J connectivity index is 2.12. The SMILES string of the molecule is Cc1nc2ccc(C(C)(C)CNCCCN)cc2[nH]1. The monoisotopic (exact) mass is 260 g/mol. The molecule has 1 aromatic heterocycles. The Morgan fingerprint density at radius 3 is 2.89 bits per heavy atom. The predicted octanol–water partition coefficient (Wildman–Crippen LogP) is 2.09. The highest BCUT2D eigenvalue weighted by Gasteiger charge is 2.20. The number of nitrogens with zero attached hydrogens (tertiary/aromatic N) is 1. The van der Waals surface area contributed by atoms with Gasteiger partial charge < -0.3 is 16.0 Å². The molecule has 2 rings (SSSR count). The number of fused-ring (bicyclic) bond motifs is 1. The standard InChI is InChI=1S/C15H24N4/c1-11-18-13-6-5-12(9-14(13)19-11)15(2,3)10-17-8-4-7-16/h5-6,9,17H,4,7-8,10,16H2,1-3H3,(H,18,19). The van der Waals surface area contributed by atoms with Crippen LogP contribution in [-0.4, -0.2) is 29.6 Å². The minimum absolute atomic E-state index is 0.0990. The van der Waals surface area contributed by atoms with Gasteiger partial charge in [-0.2, -0.15) is 0 Å². The number of nitrogens with two attached hydrogens (primary N) is 1. The van der Waals surface area contributed by atoms with Crippen LogP contribution in [0.1, 0.15) is 31.7 Å². The first kappa shape index (κ1) is 14.0. The second-order valence-corrected chi connectivity index (χ2v) is 5.76. The molecule has 0 aliphatic carbocycles. The first-order chi connectivity index (χ1) is 9.03. The zero-order chi connectivity index (χ0) is 13.9. The Labute approximate surface area is 114 Å². The van der Waals surface area contributed by atoms with Crippen LogP contribution in [0.15, 0.2) is 18.2 Å². The maximum Gasteiger partial charge on any atom is 0.104 e. The van der Waals surface area contributed by atoms with Gasteiger partial charge in [-0.3, -0.25) is 0 Å². The Morgan fingerprint density at radius 2 is 2.16 bits per heavy atom. The van der Waals surface area contributed by atoms with E-state index in [1.807, 2.05) is 6.92 Å². The number of nitrogens with one attached hydrogen (secondary N) is 2. The van der Waals surface area contributed by atoms with E-state index in [1.54, 1.807) is 0 Å². The van der Waals surface area contributed by atoms with E-state index in [-0.39, 0.29) is 5.41 Å². The maximum atomic E-state index is 5.50. The summed E-state index contributed by atoms with van der Waals surface area (Å²) in [6, 6.07) is 6.48. The molecular formula is C15H24N4. The molecule has 0 fully saturated rings. The van der Waals surface area contributed by atoms with Gasteiger partial charge in [-0.05, 0) is 44.1 Å². The summed E-state index contributed by atoms with van der Waals surface area (Å²) in [6.07, 6.45) is 1.02. The van der Waals surface area contributed by atoms with Gasteiger partial charge >= 0.3 is 0 Å². The van der Waals surface area contributed by atoms with Crippen molar-refractivity contribution in [1.82, 2.24) is 15.3 Å². The topological polar surface area (TPSA) is 66.7 Å². The zero-order valence-electron chi connectivity index (χ0n) is 12.1. The molecule has 0 bridgehead atoms. The van der Waals surface area contributed by atoms with E-state index in [4.69, 9.17) is 5.73 Å². The lowest BCUT2D eigenvalue weighted by Crippen LogP contribution is -2.34. The predicted molar refractivity (Wildman–Crippen MR) is 80.4 cm³/mol. The van der Waals surface area contributed by atoms with E-state index in [0.717, 1.165) is 42.9 Å². The zero-order valence-corrected chi connectivity index (χ0v) is 12.1. The third-order valence-electron chi connectivity index (χ3n) is 3.51. The van der Waals surface area contributed by atoms with Crippen LogP contribution in [0.5, 0.6) is 0 Å². The highest BCUT2D eigenvalue weighted by atomic mass is 14.9. The van der Waals surface area contributed by atoms with Crippen molar-refractivity contribution in [2.75, 3.05) is 19.6 Å².